The first-order chi connectivity index (χ1) is 9.47. The lowest BCUT2D eigenvalue weighted by Gasteiger charge is -2.09. The first kappa shape index (κ1) is 14.7. The van der Waals surface area contributed by atoms with Gasteiger partial charge in [0.2, 0.25) is 0 Å². The van der Waals surface area contributed by atoms with Gasteiger partial charge < -0.3 is 11.1 Å². The summed E-state index contributed by atoms with van der Waals surface area (Å²) in [7, 11) is 0. The Balaban J connectivity index is 2.27. The van der Waals surface area contributed by atoms with Gasteiger partial charge in [0.15, 0.2) is 5.69 Å². The molecule has 0 saturated heterocycles. The van der Waals surface area contributed by atoms with Crippen molar-refractivity contribution in [3.63, 3.8) is 0 Å². The summed E-state index contributed by atoms with van der Waals surface area (Å²) in [5, 5.41) is 2.79. The topological polar surface area (TPSA) is 80.9 Å². The Morgan fingerprint density at radius 1 is 1.40 bits per heavy atom. The molecule has 6 heteroatoms. The predicted molar refractivity (Wildman–Crippen MR) is 87.6 cm³/mol. The number of nitrogens with one attached hydrogen (secondary N) is 1. The minimum Gasteiger partial charge on any atom is -0.396 e. The molecule has 1 aromatic heterocycles. The average molecular weight is 382 g/mol. The monoisotopic (exact) mass is 382 g/mol. The zero-order valence-electron chi connectivity index (χ0n) is 11.2. The largest absolute Gasteiger partial charge is 0.396 e. The third kappa shape index (κ3) is 3.44. The second-order valence-electron chi connectivity index (χ2n) is 4.65. The molecule has 20 heavy (non-hydrogen) atoms. The summed E-state index contributed by atoms with van der Waals surface area (Å²) in [6, 6.07) is 7.52. The number of aromatic nitrogens is 2. The maximum atomic E-state index is 12.2. The van der Waals surface area contributed by atoms with E-state index < -0.39 is 0 Å². The van der Waals surface area contributed by atoms with E-state index in [-0.39, 0.29) is 23.2 Å². The SMILES string of the molecule is CC(C)c1ncc(N)c(C(=O)Nc2cccc(I)c2)n1. The number of anilines is 2. The normalized spacial score (nSPS) is 10.6. The highest BCUT2D eigenvalue weighted by atomic mass is 127. The Kier molecular flexibility index (Phi) is 4.53. The van der Waals surface area contributed by atoms with E-state index in [9.17, 15) is 4.79 Å². The van der Waals surface area contributed by atoms with Crippen LogP contribution >= 0.6 is 22.6 Å². The minimum atomic E-state index is -0.325. The van der Waals surface area contributed by atoms with E-state index in [1.165, 1.54) is 6.20 Å². The fourth-order valence-corrected chi connectivity index (χ4v) is 2.16. The van der Waals surface area contributed by atoms with Crippen molar-refractivity contribution in [1.29, 1.82) is 0 Å². The number of carbonyl (C=O) groups is 1. The lowest BCUT2D eigenvalue weighted by atomic mass is 10.2. The maximum absolute atomic E-state index is 12.2. The Morgan fingerprint density at radius 3 is 2.80 bits per heavy atom. The zero-order chi connectivity index (χ0) is 14.7. The van der Waals surface area contributed by atoms with Gasteiger partial charge in [-0.1, -0.05) is 19.9 Å². The van der Waals surface area contributed by atoms with Crippen molar-refractivity contribution >= 4 is 39.9 Å². The third-order valence-corrected chi connectivity index (χ3v) is 3.32. The van der Waals surface area contributed by atoms with Crippen LogP contribution in [-0.2, 0) is 0 Å². The van der Waals surface area contributed by atoms with Gasteiger partial charge in [0.1, 0.15) is 5.82 Å². The number of amides is 1. The van der Waals surface area contributed by atoms with Gasteiger partial charge in [-0.15, -0.1) is 0 Å². The summed E-state index contributed by atoms with van der Waals surface area (Å²) in [6.45, 7) is 3.93. The predicted octanol–water partition coefficient (Wildman–Crippen LogP) is 3.04. The maximum Gasteiger partial charge on any atom is 0.276 e. The van der Waals surface area contributed by atoms with Crippen LogP contribution in [0.1, 0.15) is 36.1 Å². The van der Waals surface area contributed by atoms with Gasteiger partial charge >= 0.3 is 0 Å². The number of carbonyl (C=O) groups excluding carboxylic acids is 1. The van der Waals surface area contributed by atoms with Crippen molar-refractivity contribution in [3.05, 3.63) is 45.6 Å². The molecule has 0 saturated carbocycles. The van der Waals surface area contributed by atoms with Gasteiger partial charge in [-0.05, 0) is 40.8 Å². The molecule has 1 amide bonds. The molecule has 0 aliphatic rings. The van der Waals surface area contributed by atoms with Crippen LogP contribution in [-0.4, -0.2) is 15.9 Å². The number of nitrogen functional groups attached to an aromatic ring is 1. The quantitative estimate of drug-likeness (QED) is 0.800. The molecule has 3 N–H and O–H groups in total. The fraction of sp³-hybridized carbons (Fsp3) is 0.214. The van der Waals surface area contributed by atoms with Gasteiger partial charge in [-0.2, -0.15) is 0 Å². The first-order valence-corrected chi connectivity index (χ1v) is 7.24. The van der Waals surface area contributed by atoms with E-state index in [4.69, 9.17) is 5.73 Å². The van der Waals surface area contributed by atoms with Crippen LogP contribution in [0.5, 0.6) is 0 Å². The zero-order valence-corrected chi connectivity index (χ0v) is 13.4. The van der Waals surface area contributed by atoms with Gasteiger partial charge in [0.25, 0.3) is 5.91 Å². The van der Waals surface area contributed by atoms with Crippen molar-refractivity contribution in [1.82, 2.24) is 9.97 Å². The van der Waals surface area contributed by atoms with E-state index in [0.29, 0.717) is 11.5 Å². The molecule has 0 atom stereocenters. The summed E-state index contributed by atoms with van der Waals surface area (Å²) >= 11 is 2.19. The lowest BCUT2D eigenvalue weighted by molar-refractivity contribution is 0.102. The van der Waals surface area contributed by atoms with E-state index >= 15 is 0 Å². The molecule has 0 aliphatic heterocycles. The third-order valence-electron chi connectivity index (χ3n) is 2.65. The molecule has 0 radical (unpaired) electrons. The smallest absolute Gasteiger partial charge is 0.276 e. The van der Waals surface area contributed by atoms with Crippen molar-refractivity contribution in [2.24, 2.45) is 0 Å². The summed E-state index contributed by atoms with van der Waals surface area (Å²) in [6.07, 6.45) is 1.48. The van der Waals surface area contributed by atoms with Crippen LogP contribution in [0, 0.1) is 3.57 Å². The van der Waals surface area contributed by atoms with E-state index in [2.05, 4.69) is 37.9 Å². The van der Waals surface area contributed by atoms with Gasteiger partial charge in [0, 0.05) is 15.2 Å². The number of benzene rings is 1. The van der Waals surface area contributed by atoms with Crippen LogP contribution in [0.25, 0.3) is 0 Å². The number of nitrogens with two attached hydrogens (primary N) is 1. The number of rotatable bonds is 3. The molecule has 5 nitrogen and oxygen atoms in total. The molecule has 0 spiro atoms. The molecule has 2 aromatic rings. The molecule has 0 fully saturated rings. The molecule has 0 unspecified atom stereocenters. The van der Waals surface area contributed by atoms with Crippen molar-refractivity contribution in [3.8, 4) is 0 Å². The number of hydrogen-bond donors (Lipinski definition) is 2. The van der Waals surface area contributed by atoms with Crippen molar-refractivity contribution in [2.75, 3.05) is 11.1 Å². The standard InChI is InChI=1S/C14H15IN4O/c1-8(2)13-17-7-11(16)12(19-13)14(20)18-10-5-3-4-9(15)6-10/h3-8H,16H2,1-2H3,(H,18,20). The van der Waals surface area contributed by atoms with Crippen LogP contribution in [0.3, 0.4) is 0 Å². The van der Waals surface area contributed by atoms with E-state index in [1.807, 2.05) is 38.1 Å². The molecular weight excluding hydrogens is 367 g/mol. The molecule has 0 bridgehead atoms. The van der Waals surface area contributed by atoms with Crippen LogP contribution in [0.15, 0.2) is 30.5 Å². The fourth-order valence-electron chi connectivity index (χ4n) is 1.62. The highest BCUT2D eigenvalue weighted by molar-refractivity contribution is 14.1. The lowest BCUT2D eigenvalue weighted by Crippen LogP contribution is -2.18. The Hall–Kier alpha value is -1.70. The van der Waals surface area contributed by atoms with Crippen molar-refractivity contribution < 1.29 is 4.79 Å². The Morgan fingerprint density at radius 2 is 2.15 bits per heavy atom. The summed E-state index contributed by atoms with van der Waals surface area (Å²) in [4.78, 5) is 20.6. The molecule has 2 rings (SSSR count). The second kappa shape index (κ2) is 6.17. The van der Waals surface area contributed by atoms with E-state index in [1.54, 1.807) is 0 Å². The summed E-state index contributed by atoms with van der Waals surface area (Å²) in [5.41, 5.74) is 6.99. The van der Waals surface area contributed by atoms with E-state index in [0.717, 1.165) is 3.57 Å². The molecular formula is C14H15IN4O. The number of hydrogen-bond acceptors (Lipinski definition) is 4. The number of halogens is 1. The van der Waals surface area contributed by atoms with Crippen LogP contribution < -0.4 is 11.1 Å². The first-order valence-electron chi connectivity index (χ1n) is 6.16. The Bertz CT molecular complexity index is 643. The minimum absolute atomic E-state index is 0.139. The molecule has 1 aromatic carbocycles. The average Bonchev–Trinajstić information content (AvgIpc) is 2.38. The number of nitrogens with zero attached hydrogens (tertiary/aromatic N) is 2. The van der Waals surface area contributed by atoms with Gasteiger partial charge in [-0.3, -0.25) is 4.79 Å². The Labute approximate surface area is 131 Å². The highest BCUT2D eigenvalue weighted by Crippen LogP contribution is 2.17. The molecule has 0 aliphatic carbocycles. The summed E-state index contributed by atoms with van der Waals surface area (Å²) in [5.74, 6) is 0.417. The molecule has 1 heterocycles. The highest BCUT2D eigenvalue weighted by Gasteiger charge is 2.15. The van der Waals surface area contributed by atoms with Gasteiger partial charge in [-0.25, -0.2) is 9.97 Å². The molecule has 104 valence electrons. The van der Waals surface area contributed by atoms with Gasteiger partial charge in [0.05, 0.1) is 11.9 Å². The summed E-state index contributed by atoms with van der Waals surface area (Å²) < 4.78 is 1.04. The van der Waals surface area contributed by atoms with Crippen LogP contribution in [0.4, 0.5) is 11.4 Å². The second-order valence-corrected chi connectivity index (χ2v) is 5.90. The van der Waals surface area contributed by atoms with Crippen molar-refractivity contribution in [2.45, 2.75) is 19.8 Å². The van der Waals surface area contributed by atoms with Crippen LogP contribution in [0.2, 0.25) is 0 Å².